The maximum Gasteiger partial charge on any atom is 0.252 e. The molecule has 136 valence electrons. The number of piperidine rings is 1. The summed E-state index contributed by atoms with van der Waals surface area (Å²) in [4.78, 5) is 4.48. The van der Waals surface area contributed by atoms with Crippen LogP contribution in [-0.4, -0.2) is 36.0 Å². The first-order valence-corrected chi connectivity index (χ1v) is 10.9. The number of nitrogens with zero attached hydrogens (tertiary/aromatic N) is 3. The fourth-order valence-corrected chi connectivity index (χ4v) is 5.83. The summed E-state index contributed by atoms with van der Waals surface area (Å²) in [5, 5.41) is 6.42. The van der Waals surface area contributed by atoms with E-state index in [9.17, 15) is 8.42 Å². The van der Waals surface area contributed by atoms with E-state index in [0.717, 1.165) is 5.56 Å². The van der Waals surface area contributed by atoms with Gasteiger partial charge in [-0.05, 0) is 36.4 Å². The van der Waals surface area contributed by atoms with Crippen molar-refractivity contribution in [1.82, 2.24) is 14.4 Å². The van der Waals surface area contributed by atoms with Gasteiger partial charge in [0.15, 0.2) is 0 Å². The maximum atomic E-state index is 12.6. The lowest BCUT2D eigenvalue weighted by Crippen LogP contribution is -2.37. The van der Waals surface area contributed by atoms with Gasteiger partial charge < -0.3 is 4.52 Å². The average molecular weight is 410 g/mol. The lowest BCUT2D eigenvalue weighted by molar-refractivity contribution is 0.271. The van der Waals surface area contributed by atoms with E-state index < -0.39 is 10.0 Å². The molecule has 0 atom stereocenters. The zero-order valence-electron chi connectivity index (χ0n) is 13.7. The maximum absolute atomic E-state index is 12.6. The molecule has 6 nitrogen and oxygen atoms in total. The van der Waals surface area contributed by atoms with Gasteiger partial charge in [0.25, 0.3) is 10.0 Å². The summed E-state index contributed by atoms with van der Waals surface area (Å²) in [7, 11) is -3.40. The Balaban J connectivity index is 1.46. The molecule has 0 bridgehead atoms. The van der Waals surface area contributed by atoms with Crippen molar-refractivity contribution >= 4 is 33.0 Å². The quantitative estimate of drug-likeness (QED) is 0.650. The summed E-state index contributed by atoms with van der Waals surface area (Å²) >= 11 is 7.25. The number of hydrogen-bond acceptors (Lipinski definition) is 6. The molecule has 0 amide bonds. The van der Waals surface area contributed by atoms with Crippen LogP contribution in [0.3, 0.4) is 0 Å². The first-order valence-electron chi connectivity index (χ1n) is 8.17. The second-order valence-corrected chi connectivity index (χ2v) is 9.63. The summed E-state index contributed by atoms with van der Waals surface area (Å²) in [5.41, 5.74) is 0.796. The molecule has 0 unspecified atom stereocenters. The zero-order chi connectivity index (χ0) is 18.1. The van der Waals surface area contributed by atoms with Gasteiger partial charge in [0.1, 0.15) is 4.21 Å². The zero-order valence-corrected chi connectivity index (χ0v) is 16.1. The van der Waals surface area contributed by atoms with Crippen LogP contribution in [0.15, 0.2) is 50.5 Å². The van der Waals surface area contributed by atoms with Gasteiger partial charge in [0, 0.05) is 29.6 Å². The van der Waals surface area contributed by atoms with Crippen molar-refractivity contribution < 1.29 is 12.9 Å². The summed E-state index contributed by atoms with van der Waals surface area (Å²) in [6.45, 7) is 0.888. The molecule has 0 spiro atoms. The molecule has 4 rings (SSSR count). The van der Waals surface area contributed by atoms with E-state index in [1.54, 1.807) is 29.6 Å². The van der Waals surface area contributed by atoms with Crippen molar-refractivity contribution in [2.75, 3.05) is 13.1 Å². The van der Waals surface area contributed by atoms with Crippen LogP contribution in [0.2, 0.25) is 5.02 Å². The van der Waals surface area contributed by atoms with Gasteiger partial charge >= 0.3 is 0 Å². The number of hydrogen-bond donors (Lipinski definition) is 0. The molecule has 1 aliphatic heterocycles. The largest absolute Gasteiger partial charge is 0.339 e. The molecule has 1 fully saturated rings. The Labute approximate surface area is 160 Å². The Morgan fingerprint density at radius 3 is 2.69 bits per heavy atom. The number of benzene rings is 1. The lowest BCUT2D eigenvalue weighted by Gasteiger charge is -2.29. The Morgan fingerprint density at radius 2 is 2.00 bits per heavy atom. The van der Waals surface area contributed by atoms with Gasteiger partial charge in [-0.1, -0.05) is 35.0 Å². The number of rotatable bonds is 4. The molecule has 0 saturated carbocycles. The second-order valence-electron chi connectivity index (χ2n) is 6.08. The minimum atomic E-state index is -3.40. The third kappa shape index (κ3) is 3.42. The number of aromatic nitrogens is 2. The van der Waals surface area contributed by atoms with E-state index in [2.05, 4.69) is 10.1 Å². The minimum absolute atomic E-state index is 0.0604. The number of sulfonamides is 1. The molecule has 0 N–H and O–H groups in total. The van der Waals surface area contributed by atoms with Crippen LogP contribution < -0.4 is 0 Å². The average Bonchev–Trinajstić information content (AvgIpc) is 3.34. The molecular formula is C17H16ClN3O3S2. The van der Waals surface area contributed by atoms with Crippen LogP contribution in [0.4, 0.5) is 0 Å². The molecule has 26 heavy (non-hydrogen) atoms. The van der Waals surface area contributed by atoms with Crippen LogP contribution in [-0.2, 0) is 10.0 Å². The standard InChI is InChI=1S/C17H16ClN3O3S2/c18-14-4-1-3-13(11-14)16-19-17(24-20-16)12-6-8-21(9-7-12)26(22,23)15-5-2-10-25-15/h1-5,10-12H,6-9H2. The normalized spacial score (nSPS) is 16.8. The Kier molecular flexibility index (Phi) is 4.83. The van der Waals surface area contributed by atoms with Gasteiger partial charge in [-0.15, -0.1) is 11.3 Å². The SMILES string of the molecule is O=S(=O)(c1cccs1)N1CCC(c2nc(-c3cccc(Cl)c3)no2)CC1. The van der Waals surface area contributed by atoms with Gasteiger partial charge in [0.2, 0.25) is 11.7 Å². The molecule has 3 heterocycles. The van der Waals surface area contributed by atoms with Gasteiger partial charge in [-0.3, -0.25) is 0 Å². The van der Waals surface area contributed by atoms with Crippen molar-refractivity contribution in [3.8, 4) is 11.4 Å². The van der Waals surface area contributed by atoms with E-state index in [4.69, 9.17) is 16.1 Å². The fraction of sp³-hybridized carbons (Fsp3) is 0.294. The highest BCUT2D eigenvalue weighted by Gasteiger charge is 2.32. The minimum Gasteiger partial charge on any atom is -0.339 e. The summed E-state index contributed by atoms with van der Waals surface area (Å²) in [6, 6.07) is 10.7. The Bertz CT molecular complexity index is 994. The highest BCUT2D eigenvalue weighted by atomic mass is 35.5. The first kappa shape index (κ1) is 17.7. The van der Waals surface area contributed by atoms with Crippen molar-refractivity contribution in [3.63, 3.8) is 0 Å². The smallest absolute Gasteiger partial charge is 0.252 e. The predicted octanol–water partition coefficient (Wildman–Crippen LogP) is 4.02. The van der Waals surface area contributed by atoms with E-state index >= 15 is 0 Å². The van der Waals surface area contributed by atoms with Crippen LogP contribution in [0.5, 0.6) is 0 Å². The van der Waals surface area contributed by atoms with Gasteiger partial charge in [-0.25, -0.2) is 8.42 Å². The van der Waals surface area contributed by atoms with Gasteiger partial charge in [0.05, 0.1) is 0 Å². The summed E-state index contributed by atoms with van der Waals surface area (Å²) in [6.07, 6.45) is 1.31. The second kappa shape index (κ2) is 7.11. The van der Waals surface area contributed by atoms with Gasteiger partial charge in [-0.2, -0.15) is 9.29 Å². The molecule has 9 heteroatoms. The molecule has 1 saturated heterocycles. The van der Waals surface area contributed by atoms with Crippen LogP contribution in [0.1, 0.15) is 24.7 Å². The van der Waals surface area contributed by atoms with Crippen molar-refractivity contribution in [2.45, 2.75) is 23.0 Å². The van der Waals surface area contributed by atoms with Crippen molar-refractivity contribution in [1.29, 1.82) is 0 Å². The van der Waals surface area contributed by atoms with Crippen LogP contribution >= 0.6 is 22.9 Å². The molecule has 1 aromatic carbocycles. The molecular weight excluding hydrogens is 394 g/mol. The number of halogens is 1. The highest BCUT2D eigenvalue weighted by molar-refractivity contribution is 7.91. The van der Waals surface area contributed by atoms with Crippen LogP contribution in [0.25, 0.3) is 11.4 Å². The van der Waals surface area contributed by atoms with Crippen molar-refractivity contribution in [3.05, 3.63) is 52.7 Å². The van der Waals surface area contributed by atoms with E-state index in [0.29, 0.717) is 46.9 Å². The summed E-state index contributed by atoms with van der Waals surface area (Å²) < 4.78 is 32.5. The highest BCUT2D eigenvalue weighted by Crippen LogP contribution is 2.32. The van der Waals surface area contributed by atoms with Crippen LogP contribution in [0, 0.1) is 0 Å². The third-order valence-corrected chi connectivity index (χ3v) is 7.92. The first-order chi connectivity index (χ1) is 12.5. The molecule has 2 aromatic heterocycles. The fourth-order valence-electron chi connectivity index (χ4n) is 3.03. The monoisotopic (exact) mass is 409 g/mol. The number of thiophene rings is 1. The van der Waals surface area contributed by atoms with E-state index in [1.165, 1.54) is 15.6 Å². The van der Waals surface area contributed by atoms with E-state index in [1.807, 2.05) is 12.1 Å². The van der Waals surface area contributed by atoms with Crippen molar-refractivity contribution in [2.24, 2.45) is 0 Å². The third-order valence-electron chi connectivity index (χ3n) is 4.42. The van der Waals surface area contributed by atoms with E-state index in [-0.39, 0.29) is 5.92 Å². The molecule has 0 aliphatic carbocycles. The Hall–Kier alpha value is -1.74. The lowest BCUT2D eigenvalue weighted by atomic mass is 9.98. The molecule has 3 aromatic rings. The Morgan fingerprint density at radius 1 is 1.19 bits per heavy atom. The topological polar surface area (TPSA) is 76.3 Å². The molecule has 0 radical (unpaired) electrons. The predicted molar refractivity (Wildman–Crippen MR) is 99.8 cm³/mol. The summed E-state index contributed by atoms with van der Waals surface area (Å²) in [5.74, 6) is 1.11. The molecule has 1 aliphatic rings.